The van der Waals surface area contributed by atoms with Crippen molar-refractivity contribution in [3.05, 3.63) is 53.5 Å². The molecule has 1 unspecified atom stereocenters. The van der Waals surface area contributed by atoms with Gasteiger partial charge in [0.1, 0.15) is 23.5 Å². The van der Waals surface area contributed by atoms with Crippen LogP contribution in [0.15, 0.2) is 30.9 Å². The van der Waals surface area contributed by atoms with Crippen LogP contribution in [0, 0.1) is 12.7 Å². The number of nitrogens with zero attached hydrogens (tertiary/aromatic N) is 6. The summed E-state index contributed by atoms with van der Waals surface area (Å²) in [5, 5.41) is 8.47. The molecule has 11 heteroatoms. The molecule has 0 bridgehead atoms. The molecule has 0 aliphatic carbocycles. The molecule has 2 aliphatic rings. The zero-order valence-electron chi connectivity index (χ0n) is 21.3. The third kappa shape index (κ3) is 3.76. The van der Waals surface area contributed by atoms with Crippen molar-refractivity contribution in [2.75, 3.05) is 18.1 Å². The highest BCUT2D eigenvalue weighted by atomic mass is 19.1. The number of amides is 1. The number of ether oxygens (including phenoxy) is 3. The summed E-state index contributed by atoms with van der Waals surface area (Å²) in [4.78, 5) is 19.6. The molecule has 0 N–H and O–H groups in total. The fourth-order valence-electron chi connectivity index (χ4n) is 4.90. The maximum Gasteiger partial charge on any atom is 0.416 e. The molecule has 5 heterocycles. The second-order valence-electron chi connectivity index (χ2n) is 10.4. The molecule has 0 saturated heterocycles. The van der Waals surface area contributed by atoms with E-state index in [1.54, 1.807) is 37.6 Å². The first kappa shape index (κ1) is 23.3. The number of hydrogen-bond donors (Lipinski definition) is 0. The molecule has 192 valence electrons. The summed E-state index contributed by atoms with van der Waals surface area (Å²) >= 11 is 0. The van der Waals surface area contributed by atoms with E-state index in [0.29, 0.717) is 46.3 Å². The molecule has 1 atom stereocenters. The molecule has 1 aromatic carbocycles. The van der Waals surface area contributed by atoms with Crippen molar-refractivity contribution >= 4 is 17.6 Å². The monoisotopic (exact) mass is 506 g/mol. The summed E-state index contributed by atoms with van der Waals surface area (Å²) in [6.45, 7) is 7.80. The number of hydrogen-bond acceptors (Lipinski definition) is 7. The number of fused-ring (bicyclic) bond motifs is 3. The van der Waals surface area contributed by atoms with Crippen LogP contribution in [0.1, 0.15) is 43.5 Å². The van der Waals surface area contributed by atoms with Crippen LogP contribution >= 0.6 is 0 Å². The van der Waals surface area contributed by atoms with E-state index < -0.39 is 17.5 Å². The standard InChI is InChI=1S/C26H27FN6O4/c1-14-22(28-12-31(14)5)16-8-20-24(33-13-29-30-23(16)33)32(25(34)37-26(2,3)4)9-17-18(27)6-7-19-21(17)15(10-35-19)11-36-20/h6-8,12-13,15H,9-11H2,1-5H3. The molecule has 0 spiro atoms. The summed E-state index contributed by atoms with van der Waals surface area (Å²) < 4.78 is 36.9. The van der Waals surface area contributed by atoms with Crippen LogP contribution in [-0.2, 0) is 18.3 Å². The van der Waals surface area contributed by atoms with Gasteiger partial charge in [0.15, 0.2) is 17.2 Å². The Kier molecular flexibility index (Phi) is 5.15. The van der Waals surface area contributed by atoms with Crippen LogP contribution < -0.4 is 14.4 Å². The molecule has 4 aromatic rings. The van der Waals surface area contributed by atoms with Crippen molar-refractivity contribution in [2.24, 2.45) is 7.05 Å². The second-order valence-corrected chi connectivity index (χ2v) is 10.4. The Morgan fingerprint density at radius 2 is 1.92 bits per heavy atom. The minimum absolute atomic E-state index is 0.0879. The largest absolute Gasteiger partial charge is 0.493 e. The summed E-state index contributed by atoms with van der Waals surface area (Å²) in [6, 6.07) is 4.80. The summed E-state index contributed by atoms with van der Waals surface area (Å²) in [6.07, 6.45) is 2.59. The molecular formula is C26H27FN6O4. The molecule has 10 nitrogen and oxygen atoms in total. The molecule has 37 heavy (non-hydrogen) atoms. The SMILES string of the molecule is Cc1c(-c2cc3c(n4cnnc24)N(C(=O)OC(C)(C)C)Cc2c(F)ccc4c2C(CO4)CO3)ncn1C. The summed E-state index contributed by atoms with van der Waals surface area (Å²) in [5.74, 6) is 0.722. The van der Waals surface area contributed by atoms with Gasteiger partial charge in [-0.2, -0.15) is 0 Å². The van der Waals surface area contributed by atoms with E-state index in [-0.39, 0.29) is 19.1 Å². The van der Waals surface area contributed by atoms with Gasteiger partial charge in [-0.05, 0) is 45.9 Å². The van der Waals surface area contributed by atoms with E-state index in [1.165, 1.54) is 17.3 Å². The smallest absolute Gasteiger partial charge is 0.416 e. The van der Waals surface area contributed by atoms with Crippen molar-refractivity contribution in [3.63, 3.8) is 0 Å². The average molecular weight is 507 g/mol. The lowest BCUT2D eigenvalue weighted by Gasteiger charge is -2.29. The van der Waals surface area contributed by atoms with Gasteiger partial charge in [-0.15, -0.1) is 10.2 Å². The highest BCUT2D eigenvalue weighted by molar-refractivity contribution is 5.92. The van der Waals surface area contributed by atoms with Crippen LogP contribution in [0.5, 0.6) is 11.5 Å². The Morgan fingerprint density at radius 3 is 2.62 bits per heavy atom. The number of carbonyl (C=O) groups is 1. The number of benzene rings is 1. The minimum Gasteiger partial charge on any atom is -0.493 e. The maximum atomic E-state index is 15.3. The predicted octanol–water partition coefficient (Wildman–Crippen LogP) is 4.39. The molecule has 0 fully saturated rings. The molecule has 2 aliphatic heterocycles. The second kappa shape index (κ2) is 8.19. The zero-order valence-corrected chi connectivity index (χ0v) is 21.3. The Bertz CT molecular complexity index is 1550. The number of carbonyl (C=O) groups excluding carboxylic acids is 1. The Balaban J connectivity index is 1.61. The number of aromatic nitrogens is 5. The molecule has 6 rings (SSSR count). The fourth-order valence-corrected chi connectivity index (χ4v) is 4.90. The number of rotatable bonds is 1. The molecule has 1 amide bonds. The minimum atomic E-state index is -0.781. The Labute approximate surface area is 212 Å². The normalized spacial score (nSPS) is 16.8. The first-order valence-corrected chi connectivity index (χ1v) is 12.0. The van der Waals surface area contributed by atoms with Crippen molar-refractivity contribution in [2.45, 2.75) is 45.8 Å². The van der Waals surface area contributed by atoms with Crippen LogP contribution in [0.2, 0.25) is 0 Å². The highest BCUT2D eigenvalue weighted by Gasteiger charge is 2.37. The predicted molar refractivity (Wildman–Crippen MR) is 132 cm³/mol. The molecule has 3 aromatic heterocycles. The molecule has 0 saturated carbocycles. The van der Waals surface area contributed by atoms with Crippen molar-refractivity contribution < 1.29 is 23.4 Å². The van der Waals surface area contributed by atoms with Crippen LogP contribution in [-0.4, -0.2) is 49.1 Å². The van der Waals surface area contributed by atoms with Gasteiger partial charge in [0.2, 0.25) is 0 Å². The van der Waals surface area contributed by atoms with Crippen molar-refractivity contribution in [1.82, 2.24) is 24.1 Å². The number of pyridine rings is 1. The highest BCUT2D eigenvalue weighted by Crippen LogP contribution is 2.44. The first-order valence-electron chi connectivity index (χ1n) is 12.0. The molecular weight excluding hydrogens is 479 g/mol. The van der Waals surface area contributed by atoms with Gasteiger partial charge < -0.3 is 18.8 Å². The lowest BCUT2D eigenvalue weighted by atomic mass is 9.95. The van der Waals surface area contributed by atoms with E-state index in [4.69, 9.17) is 14.2 Å². The van der Waals surface area contributed by atoms with Gasteiger partial charge in [0, 0.05) is 23.9 Å². The van der Waals surface area contributed by atoms with Gasteiger partial charge in [-0.25, -0.2) is 14.2 Å². The van der Waals surface area contributed by atoms with Gasteiger partial charge in [0.05, 0.1) is 43.3 Å². The van der Waals surface area contributed by atoms with E-state index in [9.17, 15) is 4.79 Å². The van der Waals surface area contributed by atoms with Gasteiger partial charge in [-0.3, -0.25) is 9.30 Å². The van der Waals surface area contributed by atoms with E-state index in [1.807, 2.05) is 24.6 Å². The van der Waals surface area contributed by atoms with E-state index in [0.717, 1.165) is 11.4 Å². The number of halogens is 1. The molecule has 0 radical (unpaired) electrons. The lowest BCUT2D eigenvalue weighted by molar-refractivity contribution is 0.0574. The third-order valence-electron chi connectivity index (χ3n) is 6.73. The van der Waals surface area contributed by atoms with E-state index >= 15 is 4.39 Å². The van der Waals surface area contributed by atoms with Crippen LogP contribution in [0.4, 0.5) is 15.0 Å². The number of aryl methyl sites for hydroxylation is 1. The number of anilines is 1. The topological polar surface area (TPSA) is 96.0 Å². The van der Waals surface area contributed by atoms with Gasteiger partial charge in [0.25, 0.3) is 0 Å². The van der Waals surface area contributed by atoms with Crippen molar-refractivity contribution in [1.29, 1.82) is 0 Å². The van der Waals surface area contributed by atoms with E-state index in [2.05, 4.69) is 15.2 Å². The zero-order chi connectivity index (χ0) is 26.1. The Morgan fingerprint density at radius 1 is 1.16 bits per heavy atom. The lowest BCUT2D eigenvalue weighted by Crippen LogP contribution is -2.38. The first-order chi connectivity index (χ1) is 17.6. The summed E-state index contributed by atoms with van der Waals surface area (Å²) in [7, 11) is 1.91. The van der Waals surface area contributed by atoms with Crippen LogP contribution in [0.25, 0.3) is 16.9 Å². The third-order valence-corrected chi connectivity index (χ3v) is 6.73. The summed E-state index contributed by atoms with van der Waals surface area (Å²) in [5.41, 5.74) is 3.13. The van der Waals surface area contributed by atoms with Crippen LogP contribution in [0.3, 0.4) is 0 Å². The maximum absolute atomic E-state index is 15.3. The quantitative estimate of drug-likeness (QED) is 0.378. The fraction of sp³-hybridized carbons (Fsp3) is 0.385. The van der Waals surface area contributed by atoms with Gasteiger partial charge in [-0.1, -0.05) is 0 Å². The number of imidazole rings is 1. The Hall–Kier alpha value is -4.15. The average Bonchev–Trinajstić information content (AvgIpc) is 3.55. The van der Waals surface area contributed by atoms with Gasteiger partial charge >= 0.3 is 6.09 Å². The van der Waals surface area contributed by atoms with Crippen molar-refractivity contribution in [3.8, 4) is 22.8 Å².